The second-order valence-electron chi connectivity index (χ2n) is 6.20. The molecule has 0 saturated heterocycles. The van der Waals surface area contributed by atoms with Crippen LogP contribution in [0, 0.1) is 19.7 Å². The lowest BCUT2D eigenvalue weighted by atomic mass is 10.1. The summed E-state index contributed by atoms with van der Waals surface area (Å²) in [5, 5.41) is 2.55. The Bertz CT molecular complexity index is 850. The molecule has 2 aromatic rings. The number of hydrogen-bond donors (Lipinski definition) is 1. The van der Waals surface area contributed by atoms with Gasteiger partial charge in [-0.1, -0.05) is 17.7 Å². The molecule has 0 radical (unpaired) electrons. The Morgan fingerprint density at radius 3 is 2.37 bits per heavy atom. The molecule has 7 heteroatoms. The molecule has 0 unspecified atom stereocenters. The molecule has 0 heterocycles. The molecular formula is C20H21FN2O4. The molecule has 142 valence electrons. The SMILES string of the molecule is Cc1ccc(C(=O)OCC(=O)N(C)CC(=O)Nc2ccc(F)cc2)c(C)c1. The molecule has 2 rings (SSSR count). The van der Waals surface area contributed by atoms with Crippen molar-refractivity contribution in [3.8, 4) is 0 Å². The summed E-state index contributed by atoms with van der Waals surface area (Å²) < 4.78 is 17.9. The summed E-state index contributed by atoms with van der Waals surface area (Å²) in [5.41, 5.74) is 2.60. The molecule has 6 nitrogen and oxygen atoms in total. The average Bonchev–Trinajstić information content (AvgIpc) is 2.61. The van der Waals surface area contributed by atoms with Crippen molar-refractivity contribution in [3.63, 3.8) is 0 Å². The minimum Gasteiger partial charge on any atom is -0.452 e. The normalized spacial score (nSPS) is 10.2. The summed E-state index contributed by atoms with van der Waals surface area (Å²) in [4.78, 5) is 37.3. The van der Waals surface area contributed by atoms with Crippen molar-refractivity contribution in [2.24, 2.45) is 0 Å². The maximum atomic E-state index is 12.9. The van der Waals surface area contributed by atoms with Gasteiger partial charge in [-0.05, 0) is 49.7 Å². The highest BCUT2D eigenvalue weighted by atomic mass is 19.1. The average molecular weight is 372 g/mol. The van der Waals surface area contributed by atoms with Crippen LogP contribution in [0.5, 0.6) is 0 Å². The number of halogens is 1. The molecular weight excluding hydrogens is 351 g/mol. The first-order valence-corrected chi connectivity index (χ1v) is 8.30. The number of carbonyl (C=O) groups is 3. The second kappa shape index (κ2) is 8.93. The fourth-order valence-corrected chi connectivity index (χ4v) is 2.40. The third-order valence-corrected chi connectivity index (χ3v) is 3.86. The Balaban J connectivity index is 1.83. The fraction of sp³-hybridized carbons (Fsp3) is 0.250. The van der Waals surface area contributed by atoms with Gasteiger partial charge in [0.15, 0.2) is 6.61 Å². The molecule has 0 bridgehead atoms. The van der Waals surface area contributed by atoms with Crippen LogP contribution in [0.4, 0.5) is 10.1 Å². The molecule has 0 saturated carbocycles. The zero-order chi connectivity index (χ0) is 20.0. The minimum atomic E-state index is -0.593. The molecule has 0 spiro atoms. The summed E-state index contributed by atoms with van der Waals surface area (Å²) in [7, 11) is 1.43. The zero-order valence-electron chi connectivity index (χ0n) is 15.4. The number of rotatable bonds is 6. The number of likely N-dealkylation sites (N-methyl/N-ethyl adjacent to an activating group) is 1. The molecule has 0 aliphatic rings. The predicted molar refractivity (Wildman–Crippen MR) is 98.9 cm³/mol. The van der Waals surface area contributed by atoms with Crippen LogP contribution in [0.15, 0.2) is 42.5 Å². The van der Waals surface area contributed by atoms with Crippen molar-refractivity contribution in [1.29, 1.82) is 0 Å². The smallest absolute Gasteiger partial charge is 0.338 e. The molecule has 27 heavy (non-hydrogen) atoms. The Hall–Kier alpha value is -3.22. The van der Waals surface area contributed by atoms with E-state index in [-0.39, 0.29) is 6.54 Å². The Morgan fingerprint density at radius 2 is 1.74 bits per heavy atom. The van der Waals surface area contributed by atoms with Crippen LogP contribution in [-0.2, 0) is 14.3 Å². The van der Waals surface area contributed by atoms with Crippen LogP contribution in [0.25, 0.3) is 0 Å². The van der Waals surface area contributed by atoms with E-state index in [9.17, 15) is 18.8 Å². The van der Waals surface area contributed by atoms with Crippen molar-refractivity contribution in [3.05, 3.63) is 65.0 Å². The van der Waals surface area contributed by atoms with Gasteiger partial charge in [-0.3, -0.25) is 9.59 Å². The van der Waals surface area contributed by atoms with Gasteiger partial charge in [0.25, 0.3) is 5.91 Å². The number of amides is 2. The van der Waals surface area contributed by atoms with Crippen LogP contribution in [0.2, 0.25) is 0 Å². The number of esters is 1. The van der Waals surface area contributed by atoms with E-state index in [1.54, 1.807) is 19.1 Å². The van der Waals surface area contributed by atoms with Crippen LogP contribution in [-0.4, -0.2) is 42.9 Å². The number of ether oxygens (including phenoxy) is 1. The van der Waals surface area contributed by atoms with E-state index in [2.05, 4.69) is 5.32 Å². The number of aryl methyl sites for hydroxylation is 2. The lowest BCUT2D eigenvalue weighted by Gasteiger charge is -2.17. The molecule has 0 atom stereocenters. The van der Waals surface area contributed by atoms with Crippen LogP contribution in [0.3, 0.4) is 0 Å². The number of carbonyl (C=O) groups excluding carboxylic acids is 3. The molecule has 0 aromatic heterocycles. The molecule has 0 aliphatic carbocycles. The van der Waals surface area contributed by atoms with Gasteiger partial charge < -0.3 is 15.0 Å². The number of anilines is 1. The largest absolute Gasteiger partial charge is 0.452 e. The van der Waals surface area contributed by atoms with Gasteiger partial charge >= 0.3 is 5.97 Å². The highest BCUT2D eigenvalue weighted by molar-refractivity contribution is 5.95. The van der Waals surface area contributed by atoms with Crippen LogP contribution >= 0.6 is 0 Å². The van der Waals surface area contributed by atoms with E-state index in [1.807, 2.05) is 13.0 Å². The summed E-state index contributed by atoms with van der Waals surface area (Å²) in [6.07, 6.45) is 0. The Morgan fingerprint density at radius 1 is 1.07 bits per heavy atom. The third kappa shape index (κ3) is 5.91. The standard InChI is InChI=1S/C20H21FN2O4/c1-13-4-9-17(14(2)10-13)20(26)27-12-19(25)23(3)11-18(24)22-16-7-5-15(21)6-8-16/h4-10H,11-12H2,1-3H3,(H,22,24). The summed E-state index contributed by atoms with van der Waals surface area (Å²) in [6.45, 7) is 3.01. The van der Waals surface area contributed by atoms with E-state index in [1.165, 1.54) is 31.3 Å². The molecule has 2 aromatic carbocycles. The van der Waals surface area contributed by atoms with E-state index in [4.69, 9.17) is 4.74 Å². The first-order valence-electron chi connectivity index (χ1n) is 8.30. The second-order valence-corrected chi connectivity index (χ2v) is 6.20. The number of nitrogens with one attached hydrogen (secondary N) is 1. The zero-order valence-corrected chi connectivity index (χ0v) is 15.4. The monoisotopic (exact) mass is 372 g/mol. The molecule has 1 N–H and O–H groups in total. The van der Waals surface area contributed by atoms with Gasteiger partial charge in [0.2, 0.25) is 5.91 Å². The third-order valence-electron chi connectivity index (χ3n) is 3.86. The van der Waals surface area contributed by atoms with Crippen LogP contribution < -0.4 is 5.32 Å². The van der Waals surface area contributed by atoms with Gasteiger partial charge in [-0.2, -0.15) is 0 Å². The van der Waals surface area contributed by atoms with Gasteiger partial charge in [0.1, 0.15) is 5.82 Å². The highest BCUT2D eigenvalue weighted by Crippen LogP contribution is 2.12. The molecule has 2 amide bonds. The van der Waals surface area contributed by atoms with E-state index < -0.39 is 30.2 Å². The van der Waals surface area contributed by atoms with E-state index in [0.717, 1.165) is 16.0 Å². The van der Waals surface area contributed by atoms with Gasteiger partial charge in [0, 0.05) is 12.7 Å². The topological polar surface area (TPSA) is 75.7 Å². The quantitative estimate of drug-likeness (QED) is 0.791. The maximum Gasteiger partial charge on any atom is 0.338 e. The van der Waals surface area contributed by atoms with Crippen LogP contribution in [0.1, 0.15) is 21.5 Å². The maximum absolute atomic E-state index is 12.9. The Kier molecular flexibility index (Phi) is 6.65. The van der Waals surface area contributed by atoms with Crippen molar-refractivity contribution >= 4 is 23.5 Å². The molecule has 0 aliphatic heterocycles. The lowest BCUT2D eigenvalue weighted by molar-refractivity contribution is -0.136. The number of hydrogen-bond acceptors (Lipinski definition) is 4. The van der Waals surface area contributed by atoms with Gasteiger partial charge in [0.05, 0.1) is 12.1 Å². The van der Waals surface area contributed by atoms with Gasteiger partial charge in [-0.15, -0.1) is 0 Å². The summed E-state index contributed by atoms with van der Waals surface area (Å²) in [6, 6.07) is 10.6. The summed E-state index contributed by atoms with van der Waals surface area (Å²) >= 11 is 0. The van der Waals surface area contributed by atoms with E-state index in [0.29, 0.717) is 11.3 Å². The first-order chi connectivity index (χ1) is 12.8. The highest BCUT2D eigenvalue weighted by Gasteiger charge is 2.17. The van der Waals surface area contributed by atoms with Crippen molar-refractivity contribution in [1.82, 2.24) is 4.90 Å². The van der Waals surface area contributed by atoms with Crippen molar-refractivity contribution in [2.75, 3.05) is 25.5 Å². The number of benzene rings is 2. The Labute approximate surface area is 156 Å². The molecule has 0 fully saturated rings. The number of nitrogens with zero attached hydrogens (tertiary/aromatic N) is 1. The predicted octanol–water partition coefficient (Wildman–Crippen LogP) is 2.70. The first kappa shape index (κ1) is 20.1. The fourth-order valence-electron chi connectivity index (χ4n) is 2.40. The van der Waals surface area contributed by atoms with Crippen molar-refractivity contribution in [2.45, 2.75) is 13.8 Å². The van der Waals surface area contributed by atoms with Crippen molar-refractivity contribution < 1.29 is 23.5 Å². The minimum absolute atomic E-state index is 0.225. The summed E-state index contributed by atoms with van der Waals surface area (Å²) in [5.74, 6) is -1.96. The lowest BCUT2D eigenvalue weighted by Crippen LogP contribution is -2.37. The van der Waals surface area contributed by atoms with Gasteiger partial charge in [-0.25, -0.2) is 9.18 Å². The van der Waals surface area contributed by atoms with E-state index >= 15 is 0 Å².